The van der Waals surface area contributed by atoms with Gasteiger partial charge in [-0.25, -0.2) is 0 Å². The average Bonchev–Trinajstić information content (AvgIpc) is 2.01. The molecule has 0 aromatic carbocycles. The summed E-state index contributed by atoms with van der Waals surface area (Å²) in [6, 6.07) is -0.716. The summed E-state index contributed by atoms with van der Waals surface area (Å²) in [5.74, 6) is -0.933. The Bertz CT molecular complexity index is 262. The summed E-state index contributed by atoms with van der Waals surface area (Å²) in [7, 11) is -5.17. The van der Waals surface area contributed by atoms with E-state index >= 15 is 0 Å². The van der Waals surface area contributed by atoms with Gasteiger partial charge >= 0.3 is 23.0 Å². The van der Waals surface area contributed by atoms with Crippen molar-refractivity contribution in [3.63, 3.8) is 0 Å². The number of hydrogen-bond donors (Lipinski definition) is 3. The molecule has 16 heavy (non-hydrogen) atoms. The molecule has 101 valence electrons. The zero-order valence-electron chi connectivity index (χ0n) is 8.26. The van der Waals surface area contributed by atoms with Gasteiger partial charge in [-0.1, -0.05) is 6.42 Å². The summed E-state index contributed by atoms with van der Waals surface area (Å²) >= 11 is 0. The maximum absolute atomic E-state index is 10.1. The molecule has 0 aromatic rings. The average molecular weight is 306 g/mol. The van der Waals surface area contributed by atoms with Crippen molar-refractivity contribution in [2.75, 3.05) is 6.54 Å². The van der Waals surface area contributed by atoms with Gasteiger partial charge in [0.25, 0.3) is 0 Å². The molecule has 5 N–H and O–H groups in total. The van der Waals surface area contributed by atoms with Gasteiger partial charge in [0, 0.05) is 10.4 Å². The van der Waals surface area contributed by atoms with E-state index in [9.17, 15) is 4.79 Å². The second-order valence-electron chi connectivity index (χ2n) is 2.64. The minimum atomic E-state index is -5.17. The summed E-state index contributed by atoms with van der Waals surface area (Å²) in [5, 5.41) is 8.33. The van der Waals surface area contributed by atoms with Crippen LogP contribution in [0.25, 0.3) is 0 Å². The van der Waals surface area contributed by atoms with Crippen molar-refractivity contribution in [3.05, 3.63) is 0 Å². The van der Waals surface area contributed by atoms with Crippen LogP contribution in [0.4, 0.5) is 0 Å². The standard InChI is InChI=1S/C6H14N2O2.Cu.H2O4S/c7-4-2-1-3-5(8)6(9)10;;1-5(2,3)4/h5H,1-4,7-8H2,(H,9,10);;(H2,1,2,3,4)/q;+2;/p-2. The molecule has 10 heteroatoms. The number of carboxylic acid groups (broad SMARTS) is 1. The molecule has 0 fully saturated rings. The van der Waals surface area contributed by atoms with E-state index in [-0.39, 0.29) is 17.1 Å². The van der Waals surface area contributed by atoms with Gasteiger partial charge in [-0.05, 0) is 19.4 Å². The van der Waals surface area contributed by atoms with Crippen LogP contribution in [0, 0.1) is 0 Å². The molecule has 0 amide bonds. The van der Waals surface area contributed by atoms with Crippen LogP contribution in [0.15, 0.2) is 0 Å². The number of rotatable bonds is 5. The maximum Gasteiger partial charge on any atom is 2.00 e. The van der Waals surface area contributed by atoms with E-state index < -0.39 is 22.4 Å². The van der Waals surface area contributed by atoms with E-state index in [1.54, 1.807) is 0 Å². The zero-order valence-corrected chi connectivity index (χ0v) is 10.0. The molecule has 0 aliphatic heterocycles. The molecule has 0 spiro atoms. The fourth-order valence-corrected chi connectivity index (χ4v) is 0.632. The van der Waals surface area contributed by atoms with Gasteiger partial charge in [-0.3, -0.25) is 13.2 Å². The van der Waals surface area contributed by atoms with Gasteiger partial charge in [0.05, 0.1) is 0 Å². The van der Waals surface area contributed by atoms with Gasteiger partial charge in [0.15, 0.2) is 0 Å². The number of aliphatic carboxylic acids is 1. The van der Waals surface area contributed by atoms with Crippen LogP contribution in [0.2, 0.25) is 0 Å². The van der Waals surface area contributed by atoms with E-state index in [0.29, 0.717) is 13.0 Å². The molecule has 1 unspecified atom stereocenters. The molecular formula is C6H14CuN2O6S. The van der Waals surface area contributed by atoms with Crippen LogP contribution in [0.5, 0.6) is 0 Å². The van der Waals surface area contributed by atoms with Gasteiger partial charge in [0.1, 0.15) is 6.04 Å². The van der Waals surface area contributed by atoms with Crippen molar-refractivity contribution < 1.29 is 44.5 Å². The topological polar surface area (TPSA) is 170 Å². The fourth-order valence-electron chi connectivity index (χ4n) is 0.632. The molecular weight excluding hydrogens is 292 g/mol. The molecule has 0 heterocycles. The Labute approximate surface area is 104 Å². The minimum absolute atomic E-state index is 0. The van der Waals surface area contributed by atoms with Crippen LogP contribution in [0.3, 0.4) is 0 Å². The smallest absolute Gasteiger partial charge is 0.759 e. The van der Waals surface area contributed by atoms with E-state index in [1.807, 2.05) is 0 Å². The largest absolute Gasteiger partial charge is 2.00 e. The predicted octanol–water partition coefficient (Wildman–Crippen LogP) is -1.81. The number of hydrogen-bond acceptors (Lipinski definition) is 7. The molecule has 0 saturated heterocycles. The third kappa shape index (κ3) is 29.2. The van der Waals surface area contributed by atoms with E-state index in [0.717, 1.165) is 12.8 Å². The van der Waals surface area contributed by atoms with Crippen molar-refractivity contribution in [1.82, 2.24) is 0 Å². The molecule has 1 radical (unpaired) electrons. The van der Waals surface area contributed by atoms with E-state index in [1.165, 1.54) is 0 Å². The summed E-state index contributed by atoms with van der Waals surface area (Å²) in [4.78, 5) is 10.1. The van der Waals surface area contributed by atoms with E-state index in [2.05, 4.69) is 0 Å². The van der Waals surface area contributed by atoms with Gasteiger partial charge in [-0.2, -0.15) is 0 Å². The van der Waals surface area contributed by atoms with Crippen LogP contribution >= 0.6 is 0 Å². The maximum atomic E-state index is 10.1. The Balaban J connectivity index is -0.000000242. The van der Waals surface area contributed by atoms with Crippen LogP contribution in [-0.4, -0.2) is 41.2 Å². The van der Waals surface area contributed by atoms with Gasteiger partial charge < -0.3 is 25.7 Å². The minimum Gasteiger partial charge on any atom is -0.759 e. The first kappa shape index (κ1) is 21.1. The SMILES string of the molecule is NCCCCC(N)C(=O)O.O=S(=O)([O-])[O-].[Cu+2]. The Morgan fingerprint density at radius 3 is 1.94 bits per heavy atom. The predicted molar refractivity (Wildman–Crippen MR) is 49.0 cm³/mol. The summed E-state index contributed by atoms with van der Waals surface area (Å²) in [5.41, 5.74) is 10.4. The summed E-state index contributed by atoms with van der Waals surface area (Å²) in [6.07, 6.45) is 2.16. The van der Waals surface area contributed by atoms with Crippen molar-refractivity contribution in [2.45, 2.75) is 25.3 Å². The van der Waals surface area contributed by atoms with Crippen molar-refractivity contribution in [2.24, 2.45) is 11.5 Å². The molecule has 0 saturated carbocycles. The molecule has 1 atom stereocenters. The van der Waals surface area contributed by atoms with Gasteiger partial charge in [-0.15, -0.1) is 0 Å². The Morgan fingerprint density at radius 2 is 1.69 bits per heavy atom. The van der Waals surface area contributed by atoms with Crippen LogP contribution in [-0.2, 0) is 32.3 Å². The molecule has 0 rings (SSSR count). The number of nitrogens with two attached hydrogens (primary N) is 2. The Hall–Kier alpha value is -0.221. The third-order valence-corrected chi connectivity index (χ3v) is 1.29. The molecule has 0 aliphatic rings. The van der Waals surface area contributed by atoms with Gasteiger partial charge in [0.2, 0.25) is 0 Å². The quantitative estimate of drug-likeness (QED) is 0.231. The first-order valence-electron chi connectivity index (χ1n) is 4.03. The van der Waals surface area contributed by atoms with E-state index in [4.69, 9.17) is 34.1 Å². The fraction of sp³-hybridized carbons (Fsp3) is 0.833. The number of unbranched alkanes of at least 4 members (excludes halogenated alkanes) is 1. The first-order chi connectivity index (χ1) is 6.68. The van der Waals surface area contributed by atoms with Crippen molar-refractivity contribution >= 4 is 16.4 Å². The summed E-state index contributed by atoms with van der Waals surface area (Å²) in [6.45, 7) is 0.604. The zero-order chi connectivity index (χ0) is 12.5. The molecule has 8 nitrogen and oxygen atoms in total. The number of carbonyl (C=O) groups is 1. The molecule has 0 bridgehead atoms. The third-order valence-electron chi connectivity index (χ3n) is 1.29. The number of carboxylic acids is 1. The monoisotopic (exact) mass is 305 g/mol. The molecule has 0 aliphatic carbocycles. The van der Waals surface area contributed by atoms with Crippen molar-refractivity contribution in [3.8, 4) is 0 Å². The second-order valence-corrected chi connectivity index (χ2v) is 3.45. The summed E-state index contributed by atoms with van der Waals surface area (Å²) < 4.78 is 34.1. The van der Waals surface area contributed by atoms with Crippen molar-refractivity contribution in [1.29, 1.82) is 0 Å². The molecule has 0 aromatic heterocycles. The first-order valence-corrected chi connectivity index (χ1v) is 5.37. The Kier molecular flexibility index (Phi) is 14.9. The van der Waals surface area contributed by atoms with Crippen LogP contribution in [0.1, 0.15) is 19.3 Å². The second kappa shape index (κ2) is 11.3. The van der Waals surface area contributed by atoms with Crippen LogP contribution < -0.4 is 11.5 Å². The Morgan fingerprint density at radius 1 is 1.31 bits per heavy atom. The normalized spacial score (nSPS) is 11.8.